The molecule has 1 aromatic heterocycles. The maximum atomic E-state index is 12.6. The van der Waals surface area contributed by atoms with E-state index in [0.717, 1.165) is 30.5 Å². The number of nitrogens with one attached hydrogen (secondary N) is 2. The van der Waals surface area contributed by atoms with Gasteiger partial charge in [-0.25, -0.2) is 13.1 Å². The third-order valence-electron chi connectivity index (χ3n) is 4.79. The largest absolute Gasteiger partial charge is 0.361 e. The molecule has 0 spiro atoms. The molecule has 1 atom stereocenters. The number of H-pyrrole nitrogens is 1. The average Bonchev–Trinajstić information content (AvgIpc) is 3.01. The number of carbonyl (C=O) groups is 1. The summed E-state index contributed by atoms with van der Waals surface area (Å²) >= 11 is 0. The third kappa shape index (κ3) is 4.83. The minimum atomic E-state index is -3.18. The average molecular weight is 363 g/mol. The Bertz CT molecular complexity index is 844. The molecule has 1 aliphatic rings. The van der Waals surface area contributed by atoms with Crippen LogP contribution in [0.5, 0.6) is 0 Å². The molecule has 3 rings (SSSR count). The molecule has 2 heterocycles. The zero-order chi connectivity index (χ0) is 17.9. The van der Waals surface area contributed by atoms with Crippen molar-refractivity contribution in [3.05, 3.63) is 36.0 Å². The second-order valence-corrected chi connectivity index (χ2v) is 8.66. The van der Waals surface area contributed by atoms with Crippen LogP contribution in [0.15, 0.2) is 30.5 Å². The molecule has 1 amide bonds. The van der Waals surface area contributed by atoms with Crippen molar-refractivity contribution in [1.82, 2.24) is 14.6 Å². The minimum absolute atomic E-state index is 0.148. The summed E-state index contributed by atoms with van der Waals surface area (Å²) in [5.41, 5.74) is 2.26. The van der Waals surface area contributed by atoms with E-state index in [1.54, 1.807) is 0 Å². The van der Waals surface area contributed by atoms with Crippen molar-refractivity contribution in [3.8, 4) is 0 Å². The summed E-state index contributed by atoms with van der Waals surface area (Å²) in [7, 11) is -3.18. The van der Waals surface area contributed by atoms with Gasteiger partial charge >= 0.3 is 0 Å². The summed E-state index contributed by atoms with van der Waals surface area (Å²) < 4.78 is 25.0. The molecule has 1 unspecified atom stereocenters. The Morgan fingerprint density at radius 3 is 2.96 bits per heavy atom. The number of para-hydroxylation sites is 1. The number of aromatic amines is 1. The molecule has 2 N–H and O–H groups in total. The molecule has 136 valence electrons. The van der Waals surface area contributed by atoms with Gasteiger partial charge in [-0.05, 0) is 36.8 Å². The van der Waals surface area contributed by atoms with E-state index in [-0.39, 0.29) is 11.8 Å². The Morgan fingerprint density at radius 2 is 2.16 bits per heavy atom. The topological polar surface area (TPSA) is 82.3 Å². The molecule has 6 nitrogen and oxygen atoms in total. The summed E-state index contributed by atoms with van der Waals surface area (Å²) in [6.45, 7) is 1.81. The lowest BCUT2D eigenvalue weighted by molar-refractivity contribution is -0.132. The molecular weight excluding hydrogens is 338 g/mol. The number of sulfonamides is 1. The Labute approximate surface area is 148 Å². The van der Waals surface area contributed by atoms with Crippen LogP contribution in [0, 0.1) is 5.92 Å². The molecule has 1 saturated heterocycles. The summed E-state index contributed by atoms with van der Waals surface area (Å²) in [5, 5.41) is 1.17. The highest BCUT2D eigenvalue weighted by atomic mass is 32.2. The number of hydrogen-bond donors (Lipinski definition) is 2. The quantitative estimate of drug-likeness (QED) is 0.822. The highest BCUT2D eigenvalue weighted by Crippen LogP contribution is 2.21. The Hall–Kier alpha value is -1.86. The van der Waals surface area contributed by atoms with E-state index in [1.807, 2.05) is 29.3 Å². The lowest BCUT2D eigenvalue weighted by atomic mass is 9.97. The van der Waals surface area contributed by atoms with E-state index in [2.05, 4.69) is 15.8 Å². The Morgan fingerprint density at radius 1 is 1.36 bits per heavy atom. The van der Waals surface area contributed by atoms with E-state index in [9.17, 15) is 13.2 Å². The van der Waals surface area contributed by atoms with Gasteiger partial charge in [0.05, 0.1) is 6.26 Å². The van der Waals surface area contributed by atoms with Crippen LogP contribution in [-0.2, 0) is 21.2 Å². The van der Waals surface area contributed by atoms with Gasteiger partial charge in [0.1, 0.15) is 0 Å². The van der Waals surface area contributed by atoms with Gasteiger partial charge in [-0.2, -0.15) is 0 Å². The Kier molecular flexibility index (Phi) is 5.44. The Balaban J connectivity index is 1.54. The molecule has 0 aliphatic carbocycles. The molecular formula is C18H25N3O3S. The van der Waals surface area contributed by atoms with E-state index in [0.29, 0.717) is 25.9 Å². The van der Waals surface area contributed by atoms with Crippen molar-refractivity contribution in [2.24, 2.45) is 5.92 Å². The second-order valence-electron chi connectivity index (χ2n) is 6.83. The number of amides is 1. The van der Waals surface area contributed by atoms with Crippen LogP contribution >= 0.6 is 0 Å². The van der Waals surface area contributed by atoms with Crippen molar-refractivity contribution in [1.29, 1.82) is 0 Å². The number of hydrogen-bond acceptors (Lipinski definition) is 3. The van der Waals surface area contributed by atoms with Gasteiger partial charge in [0, 0.05) is 43.2 Å². The smallest absolute Gasteiger partial charge is 0.222 e. The molecule has 0 saturated carbocycles. The first kappa shape index (κ1) is 17.9. The van der Waals surface area contributed by atoms with Gasteiger partial charge in [-0.1, -0.05) is 18.2 Å². The number of piperidine rings is 1. The maximum Gasteiger partial charge on any atom is 0.222 e. The highest BCUT2D eigenvalue weighted by molar-refractivity contribution is 7.88. The molecule has 7 heteroatoms. The second kappa shape index (κ2) is 7.58. The van der Waals surface area contributed by atoms with Crippen molar-refractivity contribution in [2.45, 2.75) is 25.7 Å². The van der Waals surface area contributed by atoms with Crippen LogP contribution in [0.4, 0.5) is 0 Å². The van der Waals surface area contributed by atoms with Gasteiger partial charge in [-0.15, -0.1) is 0 Å². The van der Waals surface area contributed by atoms with Crippen molar-refractivity contribution in [2.75, 3.05) is 25.9 Å². The molecule has 25 heavy (non-hydrogen) atoms. The zero-order valence-corrected chi connectivity index (χ0v) is 15.3. The first-order valence-electron chi connectivity index (χ1n) is 8.70. The monoisotopic (exact) mass is 363 g/mol. The molecule has 1 aliphatic heterocycles. The predicted molar refractivity (Wildman–Crippen MR) is 98.8 cm³/mol. The fourth-order valence-electron chi connectivity index (χ4n) is 3.47. The zero-order valence-electron chi connectivity index (χ0n) is 14.5. The summed E-state index contributed by atoms with van der Waals surface area (Å²) in [4.78, 5) is 17.7. The fourth-order valence-corrected chi connectivity index (χ4v) is 4.00. The maximum absolute atomic E-state index is 12.6. The van der Waals surface area contributed by atoms with Crippen LogP contribution in [-0.4, -0.2) is 50.1 Å². The minimum Gasteiger partial charge on any atom is -0.361 e. The molecule has 0 radical (unpaired) electrons. The van der Waals surface area contributed by atoms with Crippen LogP contribution < -0.4 is 4.72 Å². The number of likely N-dealkylation sites (tertiary alicyclic amines) is 1. The molecule has 1 aromatic carbocycles. The van der Waals surface area contributed by atoms with E-state index in [1.165, 1.54) is 11.6 Å². The van der Waals surface area contributed by atoms with Crippen molar-refractivity contribution < 1.29 is 13.2 Å². The number of aromatic nitrogens is 1. The SMILES string of the molecule is CS(=O)(=O)NCC1CCCN(C(=O)CCc2c[nH]c3ccccc23)C1. The number of carbonyl (C=O) groups excluding carboxylic acids is 1. The van der Waals surface area contributed by atoms with Gasteiger partial charge in [-0.3, -0.25) is 4.79 Å². The van der Waals surface area contributed by atoms with E-state index >= 15 is 0 Å². The summed E-state index contributed by atoms with van der Waals surface area (Å²) in [5.74, 6) is 0.342. The molecule has 1 fully saturated rings. The van der Waals surface area contributed by atoms with Crippen LogP contribution in [0.25, 0.3) is 10.9 Å². The molecule has 0 bridgehead atoms. The van der Waals surface area contributed by atoms with Crippen molar-refractivity contribution >= 4 is 26.8 Å². The summed E-state index contributed by atoms with van der Waals surface area (Å²) in [6, 6.07) is 8.10. The van der Waals surface area contributed by atoms with E-state index < -0.39 is 10.0 Å². The van der Waals surface area contributed by atoms with Gasteiger partial charge in [0.15, 0.2) is 0 Å². The lowest BCUT2D eigenvalue weighted by Crippen LogP contribution is -2.43. The van der Waals surface area contributed by atoms with Crippen LogP contribution in [0.2, 0.25) is 0 Å². The van der Waals surface area contributed by atoms with E-state index in [4.69, 9.17) is 0 Å². The highest BCUT2D eigenvalue weighted by Gasteiger charge is 2.24. The normalized spacial score (nSPS) is 18.6. The number of aryl methyl sites for hydroxylation is 1. The number of fused-ring (bicyclic) bond motifs is 1. The first-order valence-corrected chi connectivity index (χ1v) is 10.6. The lowest BCUT2D eigenvalue weighted by Gasteiger charge is -2.32. The number of rotatable bonds is 6. The van der Waals surface area contributed by atoms with Crippen LogP contribution in [0.1, 0.15) is 24.8 Å². The predicted octanol–water partition coefficient (Wildman–Crippen LogP) is 1.89. The van der Waals surface area contributed by atoms with Gasteiger partial charge in [0.25, 0.3) is 0 Å². The van der Waals surface area contributed by atoms with Gasteiger partial charge < -0.3 is 9.88 Å². The first-order chi connectivity index (χ1) is 11.9. The van der Waals surface area contributed by atoms with Crippen LogP contribution in [0.3, 0.4) is 0 Å². The van der Waals surface area contributed by atoms with Gasteiger partial charge in [0.2, 0.25) is 15.9 Å². The summed E-state index contributed by atoms with van der Waals surface area (Å²) in [6.07, 6.45) is 6.22. The molecule has 2 aromatic rings. The fraction of sp³-hybridized carbons (Fsp3) is 0.500. The third-order valence-corrected chi connectivity index (χ3v) is 5.48. The van der Waals surface area contributed by atoms with Crippen molar-refractivity contribution in [3.63, 3.8) is 0 Å². The number of benzene rings is 1. The standard InChI is InChI=1S/C18H25N3O3S/c1-25(23,24)20-11-14-5-4-10-21(13-14)18(22)9-8-15-12-19-17-7-3-2-6-16(15)17/h2-3,6-7,12,14,19-20H,4-5,8-11,13H2,1H3. The number of nitrogens with zero attached hydrogens (tertiary/aromatic N) is 1.